The number of rotatable bonds is 6. The number of nitrogens with one attached hydrogen (secondary N) is 2. The second kappa shape index (κ2) is 7.75. The van der Waals surface area contributed by atoms with Crippen LogP contribution in [-0.2, 0) is 17.8 Å². The summed E-state index contributed by atoms with van der Waals surface area (Å²) >= 11 is 0. The largest absolute Gasteiger partial charge is 0.493 e. The second-order valence-electron chi connectivity index (χ2n) is 6.79. The Morgan fingerprint density at radius 3 is 2.62 bits per heavy atom. The molecule has 26 heavy (non-hydrogen) atoms. The first-order valence-electron chi connectivity index (χ1n) is 8.77. The average Bonchev–Trinajstić information content (AvgIpc) is 3.00. The fourth-order valence-corrected chi connectivity index (χ4v) is 3.49. The third-order valence-electron chi connectivity index (χ3n) is 4.95. The highest BCUT2D eigenvalue weighted by Gasteiger charge is 2.42. The van der Waals surface area contributed by atoms with E-state index in [2.05, 4.69) is 15.5 Å². The van der Waals surface area contributed by atoms with Gasteiger partial charge in [-0.15, -0.1) is 0 Å². The third-order valence-corrected chi connectivity index (χ3v) is 4.95. The van der Waals surface area contributed by atoms with E-state index in [-0.39, 0.29) is 5.91 Å². The van der Waals surface area contributed by atoms with Gasteiger partial charge in [-0.1, -0.05) is 0 Å². The lowest BCUT2D eigenvalue weighted by Crippen LogP contribution is -2.44. The molecule has 2 N–H and O–H groups in total. The van der Waals surface area contributed by atoms with Crippen LogP contribution in [0.5, 0.6) is 11.5 Å². The molecule has 0 radical (unpaired) electrons. The highest BCUT2D eigenvalue weighted by molar-refractivity contribution is 5.82. The molecule has 1 aromatic carbocycles. The van der Waals surface area contributed by atoms with Gasteiger partial charge in [0.25, 0.3) is 5.92 Å². The van der Waals surface area contributed by atoms with Gasteiger partial charge in [0.1, 0.15) is 0 Å². The number of amides is 1. The molecule has 1 amide bonds. The van der Waals surface area contributed by atoms with Crippen molar-refractivity contribution in [1.82, 2.24) is 15.5 Å². The van der Waals surface area contributed by atoms with E-state index >= 15 is 0 Å². The van der Waals surface area contributed by atoms with E-state index in [9.17, 15) is 13.6 Å². The first-order valence-corrected chi connectivity index (χ1v) is 8.77. The zero-order chi connectivity index (χ0) is 18.7. The molecular formula is C18H25F2N3O3. The molecule has 3 rings (SSSR count). The van der Waals surface area contributed by atoms with Gasteiger partial charge in [0.15, 0.2) is 11.5 Å². The number of ether oxygens (including phenoxy) is 2. The maximum atomic E-state index is 13.2. The van der Waals surface area contributed by atoms with Crippen molar-refractivity contribution in [2.75, 3.05) is 40.4 Å². The van der Waals surface area contributed by atoms with Crippen molar-refractivity contribution in [2.45, 2.75) is 31.4 Å². The van der Waals surface area contributed by atoms with Crippen LogP contribution in [0.25, 0.3) is 0 Å². The van der Waals surface area contributed by atoms with Gasteiger partial charge in [-0.3, -0.25) is 15.0 Å². The fourth-order valence-electron chi connectivity index (χ4n) is 3.49. The Kier molecular flexibility index (Phi) is 5.62. The summed E-state index contributed by atoms with van der Waals surface area (Å²) in [6.07, 6.45) is 0.456. The van der Waals surface area contributed by atoms with Crippen LogP contribution >= 0.6 is 0 Å². The number of nitrogens with zero attached hydrogens (tertiary/aromatic N) is 1. The number of carbonyl (C=O) groups excluding carboxylic acids is 1. The van der Waals surface area contributed by atoms with Crippen LogP contribution < -0.4 is 20.1 Å². The lowest BCUT2D eigenvalue weighted by molar-refractivity contribution is -0.123. The van der Waals surface area contributed by atoms with Crippen LogP contribution in [0.4, 0.5) is 8.78 Å². The van der Waals surface area contributed by atoms with Crippen molar-refractivity contribution >= 4 is 5.91 Å². The number of carbonyl (C=O) groups is 1. The number of hydrogen-bond donors (Lipinski definition) is 2. The highest BCUT2D eigenvalue weighted by atomic mass is 19.3. The Labute approximate surface area is 151 Å². The van der Waals surface area contributed by atoms with Gasteiger partial charge in [-0.05, 0) is 29.7 Å². The molecular weight excluding hydrogens is 344 g/mol. The first kappa shape index (κ1) is 18.8. The van der Waals surface area contributed by atoms with E-state index in [1.807, 2.05) is 12.1 Å². The quantitative estimate of drug-likeness (QED) is 0.788. The Hall–Kier alpha value is -1.93. The Bertz CT molecular complexity index is 669. The molecule has 0 aromatic heterocycles. The van der Waals surface area contributed by atoms with Gasteiger partial charge in [-0.25, -0.2) is 8.78 Å². The Balaban J connectivity index is 1.50. The molecule has 1 saturated heterocycles. The van der Waals surface area contributed by atoms with Crippen LogP contribution in [0.1, 0.15) is 17.5 Å². The van der Waals surface area contributed by atoms with Gasteiger partial charge in [-0.2, -0.15) is 0 Å². The Morgan fingerprint density at radius 1 is 1.31 bits per heavy atom. The summed E-state index contributed by atoms with van der Waals surface area (Å²) in [5, 5.41) is 5.32. The standard InChI is InChI=1S/C18H25F2N3O3/c1-25-15-7-12-3-5-23(10-13(12)8-16(15)26-2)6-4-21-17(24)14-9-18(19,20)11-22-14/h7-8,14,22H,3-6,9-11H2,1-2H3,(H,21,24). The van der Waals surface area contributed by atoms with Crippen LogP contribution in [0, 0.1) is 0 Å². The van der Waals surface area contributed by atoms with Crippen LogP contribution in [0.15, 0.2) is 12.1 Å². The predicted octanol–water partition coefficient (Wildman–Crippen LogP) is 1.18. The van der Waals surface area contributed by atoms with Crippen LogP contribution in [-0.4, -0.2) is 63.2 Å². The minimum Gasteiger partial charge on any atom is -0.493 e. The summed E-state index contributed by atoms with van der Waals surface area (Å²) in [6.45, 7) is 2.30. The maximum absolute atomic E-state index is 13.2. The second-order valence-corrected chi connectivity index (χ2v) is 6.79. The van der Waals surface area contributed by atoms with E-state index in [0.717, 1.165) is 25.3 Å². The smallest absolute Gasteiger partial charge is 0.262 e. The molecule has 2 aliphatic rings. The first-order chi connectivity index (χ1) is 12.4. The molecule has 8 heteroatoms. The van der Waals surface area contributed by atoms with E-state index in [1.165, 1.54) is 11.1 Å². The van der Waals surface area contributed by atoms with Crippen LogP contribution in [0.3, 0.4) is 0 Å². The number of fused-ring (bicyclic) bond motifs is 1. The number of methoxy groups -OCH3 is 2. The monoisotopic (exact) mass is 369 g/mol. The zero-order valence-electron chi connectivity index (χ0n) is 15.1. The molecule has 2 aliphatic heterocycles. The van der Waals surface area contributed by atoms with Crippen molar-refractivity contribution in [1.29, 1.82) is 0 Å². The third kappa shape index (κ3) is 4.24. The van der Waals surface area contributed by atoms with Crippen molar-refractivity contribution in [2.24, 2.45) is 0 Å². The van der Waals surface area contributed by atoms with Crippen molar-refractivity contribution in [3.63, 3.8) is 0 Å². The summed E-state index contributed by atoms with van der Waals surface area (Å²) in [4.78, 5) is 14.2. The van der Waals surface area contributed by atoms with E-state index < -0.39 is 24.9 Å². The minimum atomic E-state index is -2.79. The summed E-state index contributed by atoms with van der Waals surface area (Å²) in [6, 6.07) is 3.20. The molecule has 6 nitrogen and oxygen atoms in total. The summed E-state index contributed by atoms with van der Waals surface area (Å²) < 4.78 is 37.0. The molecule has 0 aliphatic carbocycles. The van der Waals surface area contributed by atoms with E-state index in [1.54, 1.807) is 14.2 Å². The molecule has 1 aromatic rings. The van der Waals surface area contributed by atoms with E-state index in [0.29, 0.717) is 18.8 Å². The molecule has 144 valence electrons. The molecule has 1 unspecified atom stereocenters. The molecule has 1 fully saturated rings. The predicted molar refractivity (Wildman–Crippen MR) is 92.9 cm³/mol. The molecule has 0 saturated carbocycles. The van der Waals surface area contributed by atoms with Gasteiger partial charge in [0.05, 0.1) is 26.8 Å². The lowest BCUT2D eigenvalue weighted by Gasteiger charge is -2.29. The molecule has 0 bridgehead atoms. The summed E-state index contributed by atoms with van der Waals surface area (Å²) in [5.74, 6) is -1.72. The zero-order valence-corrected chi connectivity index (χ0v) is 15.1. The van der Waals surface area contributed by atoms with Crippen molar-refractivity contribution < 1.29 is 23.0 Å². The fraction of sp³-hybridized carbons (Fsp3) is 0.611. The Morgan fingerprint density at radius 2 is 2.00 bits per heavy atom. The van der Waals surface area contributed by atoms with Crippen molar-refractivity contribution in [3.8, 4) is 11.5 Å². The number of halogens is 2. The normalized spacial score (nSPS) is 21.9. The molecule has 2 heterocycles. The van der Waals surface area contributed by atoms with Crippen LogP contribution in [0.2, 0.25) is 0 Å². The van der Waals surface area contributed by atoms with Gasteiger partial charge < -0.3 is 14.8 Å². The highest BCUT2D eigenvalue weighted by Crippen LogP contribution is 2.33. The number of alkyl halides is 2. The lowest BCUT2D eigenvalue weighted by atomic mass is 9.99. The topological polar surface area (TPSA) is 62.8 Å². The number of benzene rings is 1. The number of hydrogen-bond acceptors (Lipinski definition) is 5. The van der Waals surface area contributed by atoms with Gasteiger partial charge in [0.2, 0.25) is 5.91 Å². The minimum absolute atomic E-state index is 0.356. The van der Waals surface area contributed by atoms with Gasteiger partial charge in [0, 0.05) is 32.6 Å². The average molecular weight is 369 g/mol. The molecule has 0 spiro atoms. The van der Waals surface area contributed by atoms with E-state index in [4.69, 9.17) is 9.47 Å². The summed E-state index contributed by atoms with van der Waals surface area (Å²) in [5.41, 5.74) is 2.41. The SMILES string of the molecule is COc1cc2c(cc1OC)CN(CCNC(=O)C1CC(F)(F)CN1)CC2. The van der Waals surface area contributed by atoms with Crippen molar-refractivity contribution in [3.05, 3.63) is 23.3 Å². The summed E-state index contributed by atoms with van der Waals surface area (Å²) in [7, 11) is 3.23. The molecule has 1 atom stereocenters. The maximum Gasteiger partial charge on any atom is 0.262 e. The van der Waals surface area contributed by atoms with Gasteiger partial charge >= 0.3 is 0 Å².